The molecule has 1 aromatic heterocycles. The van der Waals surface area contributed by atoms with Crippen LogP contribution in [-0.4, -0.2) is 31.3 Å². The maximum absolute atomic E-state index is 11.2. The van der Waals surface area contributed by atoms with Crippen molar-refractivity contribution in [3.05, 3.63) is 11.8 Å². The zero-order chi connectivity index (χ0) is 12.5. The van der Waals surface area contributed by atoms with E-state index in [4.69, 9.17) is 10.7 Å². The van der Waals surface area contributed by atoms with Crippen molar-refractivity contribution in [2.45, 2.75) is 24.9 Å². The number of carbonyl (C=O) groups excluding carboxylic acids is 1. The second-order valence-electron chi connectivity index (χ2n) is 3.34. The molecule has 0 aliphatic rings. The molecule has 90 valence electrons. The lowest BCUT2D eigenvalue weighted by atomic mass is 10.4. The highest BCUT2D eigenvalue weighted by Gasteiger charge is 2.23. The number of aromatic nitrogens is 2. The van der Waals surface area contributed by atoms with Crippen molar-refractivity contribution in [2.24, 2.45) is 0 Å². The molecule has 0 aliphatic heterocycles. The Bertz CT molecular complexity index is 506. The summed E-state index contributed by atoms with van der Waals surface area (Å²) in [6.45, 7) is 3.44. The van der Waals surface area contributed by atoms with Crippen molar-refractivity contribution in [3.63, 3.8) is 0 Å². The molecule has 0 aliphatic carbocycles. The predicted octanol–water partition coefficient (Wildman–Crippen LogP) is 1.18. The summed E-state index contributed by atoms with van der Waals surface area (Å²) in [4.78, 5) is 11.2. The molecule has 1 heterocycles. The number of hydrogen-bond acceptors (Lipinski definition) is 5. The lowest BCUT2D eigenvalue weighted by Crippen LogP contribution is -2.10. The second-order valence-corrected chi connectivity index (χ2v) is 5.85. The van der Waals surface area contributed by atoms with Crippen LogP contribution in [0.2, 0.25) is 0 Å². The van der Waals surface area contributed by atoms with Gasteiger partial charge in [0.15, 0.2) is 10.7 Å². The van der Waals surface area contributed by atoms with Gasteiger partial charge in [-0.25, -0.2) is 17.9 Å². The van der Waals surface area contributed by atoms with Crippen LogP contribution in [0, 0.1) is 0 Å². The van der Waals surface area contributed by atoms with E-state index in [1.165, 1.54) is 7.11 Å². The Kier molecular flexibility index (Phi) is 3.59. The second kappa shape index (κ2) is 4.42. The molecular formula is C8H11ClN2O4S. The molecule has 0 spiro atoms. The molecule has 1 aromatic rings. The average molecular weight is 267 g/mol. The van der Waals surface area contributed by atoms with Crippen LogP contribution < -0.4 is 0 Å². The standard InChI is InChI=1S/C8H11ClN2O4S/c1-5(2)11-7(16(9,13)14)4-6(10-11)8(12)15-3/h4-5H,1-3H3. The Morgan fingerprint density at radius 2 is 2.12 bits per heavy atom. The van der Waals surface area contributed by atoms with Gasteiger partial charge in [0, 0.05) is 22.8 Å². The fraction of sp³-hybridized carbons (Fsp3) is 0.500. The van der Waals surface area contributed by atoms with Crippen molar-refractivity contribution in [1.29, 1.82) is 0 Å². The van der Waals surface area contributed by atoms with E-state index in [2.05, 4.69) is 9.84 Å². The molecule has 0 amide bonds. The van der Waals surface area contributed by atoms with Gasteiger partial charge in [0.2, 0.25) is 0 Å². The van der Waals surface area contributed by atoms with Gasteiger partial charge in [-0.15, -0.1) is 0 Å². The first kappa shape index (κ1) is 13.0. The van der Waals surface area contributed by atoms with Gasteiger partial charge in [-0.1, -0.05) is 0 Å². The zero-order valence-corrected chi connectivity index (χ0v) is 10.5. The fourth-order valence-corrected chi connectivity index (χ4v) is 2.21. The topological polar surface area (TPSA) is 78.3 Å². The van der Waals surface area contributed by atoms with Crippen LogP contribution in [0.4, 0.5) is 0 Å². The molecule has 0 atom stereocenters. The van der Waals surface area contributed by atoms with Crippen molar-refractivity contribution < 1.29 is 17.9 Å². The van der Waals surface area contributed by atoms with Crippen LogP contribution >= 0.6 is 10.7 Å². The molecular weight excluding hydrogens is 256 g/mol. The van der Waals surface area contributed by atoms with Gasteiger partial charge in [0.05, 0.1) is 7.11 Å². The number of rotatable bonds is 3. The Labute approximate surface area is 97.6 Å². The van der Waals surface area contributed by atoms with Crippen LogP contribution in [0.3, 0.4) is 0 Å². The van der Waals surface area contributed by atoms with Gasteiger partial charge >= 0.3 is 5.97 Å². The largest absolute Gasteiger partial charge is 0.464 e. The SMILES string of the molecule is COC(=O)c1cc(S(=O)(=O)Cl)n(C(C)C)n1. The first-order valence-electron chi connectivity index (χ1n) is 4.40. The summed E-state index contributed by atoms with van der Waals surface area (Å²) in [7, 11) is 2.48. The highest BCUT2D eigenvalue weighted by molar-refractivity contribution is 8.13. The van der Waals surface area contributed by atoms with Crippen LogP contribution in [-0.2, 0) is 13.8 Å². The molecule has 0 fully saturated rings. The Morgan fingerprint density at radius 3 is 2.44 bits per heavy atom. The van der Waals surface area contributed by atoms with Crippen molar-refractivity contribution in [3.8, 4) is 0 Å². The van der Waals surface area contributed by atoms with Gasteiger partial charge in [-0.3, -0.25) is 0 Å². The van der Waals surface area contributed by atoms with E-state index < -0.39 is 15.0 Å². The Balaban J connectivity index is 3.38. The molecule has 0 bridgehead atoms. The van der Waals surface area contributed by atoms with Crippen molar-refractivity contribution in [1.82, 2.24) is 9.78 Å². The third-order valence-electron chi connectivity index (χ3n) is 1.83. The average Bonchev–Trinajstić information content (AvgIpc) is 2.60. The van der Waals surface area contributed by atoms with Crippen LogP contribution in [0.5, 0.6) is 0 Å². The number of ether oxygens (including phenoxy) is 1. The number of halogens is 1. The van der Waals surface area contributed by atoms with E-state index >= 15 is 0 Å². The number of methoxy groups -OCH3 is 1. The molecule has 0 saturated heterocycles. The fourth-order valence-electron chi connectivity index (χ4n) is 1.13. The number of nitrogens with zero attached hydrogens (tertiary/aromatic N) is 2. The minimum atomic E-state index is -3.93. The maximum atomic E-state index is 11.2. The van der Waals surface area contributed by atoms with Crippen LogP contribution in [0.1, 0.15) is 30.4 Å². The summed E-state index contributed by atoms with van der Waals surface area (Å²) >= 11 is 0. The van der Waals surface area contributed by atoms with Crippen LogP contribution in [0.25, 0.3) is 0 Å². The zero-order valence-electron chi connectivity index (χ0n) is 8.97. The van der Waals surface area contributed by atoms with Gasteiger partial charge in [-0.2, -0.15) is 5.10 Å². The lowest BCUT2D eigenvalue weighted by Gasteiger charge is -2.07. The summed E-state index contributed by atoms with van der Waals surface area (Å²) in [5.41, 5.74) is -0.0876. The van der Waals surface area contributed by atoms with E-state index in [0.717, 1.165) is 10.7 Å². The summed E-state index contributed by atoms with van der Waals surface area (Å²) in [6.07, 6.45) is 0. The Hall–Kier alpha value is -1.08. The van der Waals surface area contributed by atoms with E-state index in [9.17, 15) is 13.2 Å². The molecule has 0 saturated carbocycles. The highest BCUT2D eigenvalue weighted by atomic mass is 35.7. The molecule has 0 N–H and O–H groups in total. The normalized spacial score (nSPS) is 11.8. The van der Waals surface area contributed by atoms with Gasteiger partial charge in [-0.05, 0) is 13.8 Å². The molecule has 6 nitrogen and oxygen atoms in total. The first-order chi connectivity index (χ1) is 7.27. The molecule has 1 rings (SSSR count). The number of carbonyl (C=O) groups is 1. The minimum absolute atomic E-state index is 0.0876. The van der Waals surface area contributed by atoms with Crippen LogP contribution in [0.15, 0.2) is 11.1 Å². The maximum Gasteiger partial charge on any atom is 0.358 e. The number of hydrogen-bond donors (Lipinski definition) is 0. The molecule has 16 heavy (non-hydrogen) atoms. The van der Waals surface area contributed by atoms with E-state index in [0.29, 0.717) is 0 Å². The third-order valence-corrected chi connectivity index (χ3v) is 3.11. The number of esters is 1. The molecule has 0 radical (unpaired) electrons. The third kappa shape index (κ3) is 2.53. The smallest absolute Gasteiger partial charge is 0.358 e. The highest BCUT2D eigenvalue weighted by Crippen LogP contribution is 2.20. The molecule has 8 heteroatoms. The Morgan fingerprint density at radius 1 is 1.56 bits per heavy atom. The van der Waals surface area contributed by atoms with Crippen molar-refractivity contribution >= 4 is 25.7 Å². The summed E-state index contributed by atoms with van der Waals surface area (Å²) in [5, 5.41) is 3.61. The first-order valence-corrected chi connectivity index (χ1v) is 6.71. The molecule has 0 unspecified atom stereocenters. The van der Waals surface area contributed by atoms with Gasteiger partial charge in [0.25, 0.3) is 9.05 Å². The summed E-state index contributed by atoms with van der Waals surface area (Å²) < 4.78 is 28.1. The lowest BCUT2D eigenvalue weighted by molar-refractivity contribution is 0.0593. The van der Waals surface area contributed by atoms with E-state index in [-0.39, 0.29) is 16.8 Å². The quantitative estimate of drug-likeness (QED) is 0.606. The molecule has 0 aromatic carbocycles. The summed E-state index contributed by atoms with van der Waals surface area (Å²) in [5.74, 6) is -0.707. The van der Waals surface area contributed by atoms with Crippen molar-refractivity contribution in [2.75, 3.05) is 7.11 Å². The van der Waals surface area contributed by atoms with Gasteiger partial charge < -0.3 is 4.74 Å². The van der Waals surface area contributed by atoms with E-state index in [1.54, 1.807) is 13.8 Å². The monoisotopic (exact) mass is 266 g/mol. The predicted molar refractivity (Wildman–Crippen MR) is 57.0 cm³/mol. The summed E-state index contributed by atoms with van der Waals surface area (Å²) in [6, 6.07) is 0.857. The van der Waals surface area contributed by atoms with Gasteiger partial charge in [0.1, 0.15) is 0 Å². The van der Waals surface area contributed by atoms with E-state index in [1.807, 2.05) is 0 Å². The minimum Gasteiger partial charge on any atom is -0.464 e.